The predicted molar refractivity (Wildman–Crippen MR) is 81.5 cm³/mol. The van der Waals surface area contributed by atoms with Gasteiger partial charge in [-0.25, -0.2) is 0 Å². The van der Waals surface area contributed by atoms with E-state index in [4.69, 9.17) is 15.2 Å². The summed E-state index contributed by atoms with van der Waals surface area (Å²) in [5, 5.41) is 0. The highest BCUT2D eigenvalue weighted by atomic mass is 16.5. The molecule has 0 amide bonds. The van der Waals surface area contributed by atoms with E-state index in [1.165, 1.54) is 19.3 Å². The molecule has 0 aromatic carbocycles. The minimum Gasteiger partial charge on any atom is -0.385 e. The zero-order valence-electron chi connectivity index (χ0n) is 13.4. The second kappa shape index (κ2) is 11.6. The van der Waals surface area contributed by atoms with E-state index in [1.54, 1.807) is 14.2 Å². The second-order valence-electron chi connectivity index (χ2n) is 5.48. The number of nitrogens with zero attached hydrogens (tertiary/aromatic N) is 1. The van der Waals surface area contributed by atoms with Gasteiger partial charge in [-0.1, -0.05) is 26.2 Å². The van der Waals surface area contributed by atoms with Crippen LogP contribution >= 0.6 is 0 Å². The quantitative estimate of drug-likeness (QED) is 0.523. The molecule has 0 radical (unpaired) electrons. The van der Waals surface area contributed by atoms with Gasteiger partial charge in [0.25, 0.3) is 0 Å². The van der Waals surface area contributed by atoms with Gasteiger partial charge in [-0.2, -0.15) is 0 Å². The van der Waals surface area contributed by atoms with Gasteiger partial charge >= 0.3 is 0 Å². The van der Waals surface area contributed by atoms with Crippen molar-refractivity contribution in [1.29, 1.82) is 0 Å². The first-order valence-electron chi connectivity index (χ1n) is 7.57. The summed E-state index contributed by atoms with van der Waals surface area (Å²) in [6.07, 6.45) is 5.99. The maximum atomic E-state index is 6.05. The van der Waals surface area contributed by atoms with E-state index in [9.17, 15) is 0 Å². The van der Waals surface area contributed by atoms with E-state index in [-0.39, 0.29) is 5.54 Å². The number of nitrogens with two attached hydrogens (primary N) is 1. The molecule has 0 fully saturated rings. The van der Waals surface area contributed by atoms with Crippen LogP contribution in [-0.2, 0) is 9.47 Å². The third kappa shape index (κ3) is 7.88. The summed E-state index contributed by atoms with van der Waals surface area (Å²) in [7, 11) is 3.51. The average molecular weight is 274 g/mol. The third-order valence-electron chi connectivity index (χ3n) is 3.86. The first-order valence-corrected chi connectivity index (χ1v) is 7.57. The van der Waals surface area contributed by atoms with Crippen molar-refractivity contribution in [2.75, 3.05) is 47.1 Å². The van der Waals surface area contributed by atoms with Gasteiger partial charge in [0.1, 0.15) is 0 Å². The van der Waals surface area contributed by atoms with Gasteiger partial charge in [0.2, 0.25) is 0 Å². The van der Waals surface area contributed by atoms with Crippen LogP contribution in [0.2, 0.25) is 0 Å². The van der Waals surface area contributed by atoms with E-state index < -0.39 is 0 Å². The molecule has 0 aliphatic rings. The molecule has 0 spiro atoms. The molecular formula is C15H34N2O2. The van der Waals surface area contributed by atoms with Gasteiger partial charge in [0, 0.05) is 46.0 Å². The number of methoxy groups -OCH3 is 2. The Morgan fingerprint density at radius 1 is 1.00 bits per heavy atom. The van der Waals surface area contributed by atoms with Crippen LogP contribution in [0.25, 0.3) is 0 Å². The van der Waals surface area contributed by atoms with Crippen LogP contribution < -0.4 is 5.73 Å². The summed E-state index contributed by atoms with van der Waals surface area (Å²) >= 11 is 0. The first kappa shape index (κ1) is 18.8. The van der Waals surface area contributed by atoms with Gasteiger partial charge in [0.15, 0.2) is 0 Å². The lowest BCUT2D eigenvalue weighted by Gasteiger charge is -2.41. The summed E-state index contributed by atoms with van der Waals surface area (Å²) in [6.45, 7) is 8.76. The zero-order chi connectivity index (χ0) is 14.6. The maximum Gasteiger partial charge on any atom is 0.0589 e. The van der Waals surface area contributed by atoms with Crippen molar-refractivity contribution in [3.63, 3.8) is 0 Å². The number of rotatable bonds is 13. The highest BCUT2D eigenvalue weighted by Gasteiger charge is 2.29. The largest absolute Gasteiger partial charge is 0.385 e. The summed E-state index contributed by atoms with van der Waals surface area (Å²) in [5.41, 5.74) is 6.14. The lowest BCUT2D eigenvalue weighted by molar-refractivity contribution is 0.0548. The normalized spacial score (nSPS) is 14.8. The van der Waals surface area contributed by atoms with Crippen LogP contribution in [0.15, 0.2) is 0 Å². The van der Waals surface area contributed by atoms with Crippen molar-refractivity contribution >= 4 is 0 Å². The van der Waals surface area contributed by atoms with Crippen molar-refractivity contribution in [1.82, 2.24) is 4.90 Å². The van der Waals surface area contributed by atoms with Gasteiger partial charge in [-0.15, -0.1) is 0 Å². The molecule has 0 heterocycles. The van der Waals surface area contributed by atoms with Crippen molar-refractivity contribution in [3.05, 3.63) is 0 Å². The molecule has 0 saturated heterocycles. The summed E-state index contributed by atoms with van der Waals surface area (Å²) in [4.78, 5) is 2.48. The Kier molecular flexibility index (Phi) is 11.6. The summed E-state index contributed by atoms with van der Waals surface area (Å²) in [6, 6.07) is 0. The molecule has 1 unspecified atom stereocenters. The SMILES string of the molecule is CCCCCC(C)(CN)N(CCCOC)CCOC. The van der Waals surface area contributed by atoms with Crippen molar-refractivity contribution in [2.45, 2.75) is 51.5 Å². The van der Waals surface area contributed by atoms with E-state index in [2.05, 4.69) is 18.7 Å². The Balaban J connectivity index is 4.43. The molecule has 0 saturated carbocycles. The molecule has 0 aromatic heterocycles. The van der Waals surface area contributed by atoms with Crippen LogP contribution in [0, 0.1) is 0 Å². The summed E-state index contributed by atoms with van der Waals surface area (Å²) < 4.78 is 10.4. The minimum atomic E-state index is 0.0848. The molecule has 4 nitrogen and oxygen atoms in total. The average Bonchev–Trinajstić information content (AvgIpc) is 2.42. The number of hydrogen-bond acceptors (Lipinski definition) is 4. The number of unbranched alkanes of at least 4 members (excludes halogenated alkanes) is 2. The Labute approximate surface area is 119 Å². The van der Waals surface area contributed by atoms with Crippen molar-refractivity contribution in [3.8, 4) is 0 Å². The molecule has 116 valence electrons. The molecule has 4 heteroatoms. The first-order chi connectivity index (χ1) is 9.14. The highest BCUT2D eigenvalue weighted by Crippen LogP contribution is 2.22. The molecular weight excluding hydrogens is 240 g/mol. The lowest BCUT2D eigenvalue weighted by atomic mass is 9.92. The highest BCUT2D eigenvalue weighted by molar-refractivity contribution is 4.87. The van der Waals surface area contributed by atoms with Crippen molar-refractivity contribution < 1.29 is 9.47 Å². The Morgan fingerprint density at radius 2 is 1.68 bits per heavy atom. The predicted octanol–water partition coefficient (Wildman–Crippen LogP) is 2.27. The lowest BCUT2D eigenvalue weighted by Crippen LogP contribution is -2.53. The molecule has 1 atom stereocenters. The third-order valence-corrected chi connectivity index (χ3v) is 3.86. The molecule has 2 N–H and O–H groups in total. The number of hydrogen-bond donors (Lipinski definition) is 1. The van der Waals surface area contributed by atoms with Crippen LogP contribution in [0.3, 0.4) is 0 Å². The van der Waals surface area contributed by atoms with Gasteiger partial charge in [-0.05, 0) is 19.8 Å². The molecule has 0 aromatic rings. The van der Waals surface area contributed by atoms with Gasteiger partial charge in [-0.3, -0.25) is 4.90 Å². The molecule has 19 heavy (non-hydrogen) atoms. The molecule has 0 aliphatic carbocycles. The minimum absolute atomic E-state index is 0.0848. The van der Waals surface area contributed by atoms with Crippen molar-refractivity contribution in [2.24, 2.45) is 5.73 Å². The van der Waals surface area contributed by atoms with E-state index in [0.717, 1.165) is 39.1 Å². The van der Waals surface area contributed by atoms with E-state index in [1.807, 2.05) is 0 Å². The van der Waals surface area contributed by atoms with Gasteiger partial charge < -0.3 is 15.2 Å². The fourth-order valence-electron chi connectivity index (χ4n) is 2.40. The van der Waals surface area contributed by atoms with Crippen LogP contribution in [0.4, 0.5) is 0 Å². The Hall–Kier alpha value is -0.160. The monoisotopic (exact) mass is 274 g/mol. The smallest absolute Gasteiger partial charge is 0.0589 e. The fourth-order valence-corrected chi connectivity index (χ4v) is 2.40. The molecule has 0 bridgehead atoms. The topological polar surface area (TPSA) is 47.7 Å². The van der Waals surface area contributed by atoms with Crippen LogP contribution in [-0.4, -0.2) is 57.5 Å². The molecule has 0 rings (SSSR count). The standard InChI is InChI=1S/C15H34N2O2/c1-5-6-7-9-15(2,14-16)17(11-13-19-4)10-8-12-18-3/h5-14,16H2,1-4H3. The summed E-state index contributed by atoms with van der Waals surface area (Å²) in [5.74, 6) is 0. The zero-order valence-corrected chi connectivity index (χ0v) is 13.4. The molecule has 0 aliphatic heterocycles. The van der Waals surface area contributed by atoms with E-state index >= 15 is 0 Å². The maximum absolute atomic E-state index is 6.05. The fraction of sp³-hybridized carbons (Fsp3) is 1.00. The second-order valence-corrected chi connectivity index (χ2v) is 5.48. The Bertz CT molecular complexity index is 203. The van der Waals surface area contributed by atoms with E-state index in [0.29, 0.717) is 6.54 Å². The van der Waals surface area contributed by atoms with Gasteiger partial charge in [0.05, 0.1) is 6.61 Å². The Morgan fingerprint density at radius 3 is 2.21 bits per heavy atom. The van der Waals surface area contributed by atoms with Crippen LogP contribution in [0.5, 0.6) is 0 Å². The van der Waals surface area contributed by atoms with Crippen LogP contribution in [0.1, 0.15) is 46.0 Å². The number of ether oxygens (including phenoxy) is 2.